The Morgan fingerprint density at radius 2 is 1.50 bits per heavy atom. The first kappa shape index (κ1) is 23.0. The van der Waals surface area contributed by atoms with Crippen LogP contribution in [0, 0.1) is 13.8 Å². The van der Waals surface area contributed by atoms with E-state index in [1.165, 1.54) is 13.8 Å². The van der Waals surface area contributed by atoms with Gasteiger partial charge in [0.25, 0.3) is 0 Å². The Morgan fingerprint density at radius 1 is 0.923 bits per heavy atom. The summed E-state index contributed by atoms with van der Waals surface area (Å²) in [5, 5.41) is 6.18. The van der Waals surface area contributed by atoms with Crippen molar-refractivity contribution in [1.82, 2.24) is 0 Å². The van der Waals surface area contributed by atoms with Crippen molar-refractivity contribution in [2.75, 3.05) is 10.6 Å². The Balaban J connectivity index is 0.000000263. The first-order chi connectivity index (χ1) is 12.0. The largest absolute Gasteiger partial charge is 0.326 e. The second kappa shape index (κ2) is 10.3. The van der Waals surface area contributed by atoms with E-state index in [1.807, 2.05) is 32.0 Å². The second-order valence-corrected chi connectivity index (χ2v) is 7.97. The molecule has 0 aliphatic carbocycles. The summed E-state index contributed by atoms with van der Waals surface area (Å²) in [6.45, 7) is 6.73. The summed E-state index contributed by atoms with van der Waals surface area (Å²) in [5.41, 5.74) is 3.26. The highest BCUT2D eigenvalue weighted by molar-refractivity contribution is 9.10. The van der Waals surface area contributed by atoms with Gasteiger partial charge in [-0.2, -0.15) is 0 Å². The van der Waals surface area contributed by atoms with Crippen LogP contribution in [-0.4, -0.2) is 11.8 Å². The molecule has 0 bridgehead atoms. The van der Waals surface area contributed by atoms with Crippen LogP contribution in [0.15, 0.2) is 33.2 Å². The van der Waals surface area contributed by atoms with Crippen molar-refractivity contribution in [2.45, 2.75) is 27.7 Å². The van der Waals surface area contributed by atoms with Crippen molar-refractivity contribution >= 4 is 78.3 Å². The number of hydrogen-bond acceptors (Lipinski definition) is 2. The monoisotopic (exact) mass is 522 g/mol. The second-order valence-electron chi connectivity index (χ2n) is 5.48. The standard InChI is InChI=1S/C9H8BrCl2NO.C9H10BrNO/c1-4-6(10)3-7(11)9(8(4)12)13-5(2)14;1-6-5-8(11-7(2)12)3-4-9(6)10/h3H,1-2H3,(H,13,14);3-5H,1-2H3,(H,11,12). The van der Waals surface area contributed by atoms with Gasteiger partial charge in [0.1, 0.15) is 0 Å². The summed E-state index contributed by atoms with van der Waals surface area (Å²) < 4.78 is 1.87. The third kappa shape index (κ3) is 6.91. The molecule has 0 radical (unpaired) electrons. The molecule has 140 valence electrons. The first-order valence-corrected chi connectivity index (χ1v) is 9.82. The minimum Gasteiger partial charge on any atom is -0.326 e. The molecule has 2 aromatic rings. The van der Waals surface area contributed by atoms with Crippen molar-refractivity contribution in [3.63, 3.8) is 0 Å². The van der Waals surface area contributed by atoms with Gasteiger partial charge in [-0.25, -0.2) is 0 Å². The molecule has 2 amide bonds. The van der Waals surface area contributed by atoms with Crippen LogP contribution < -0.4 is 10.6 Å². The van der Waals surface area contributed by atoms with Crippen molar-refractivity contribution in [2.24, 2.45) is 0 Å². The number of amides is 2. The third-order valence-corrected chi connectivity index (χ3v) is 5.66. The summed E-state index contributed by atoms with van der Waals surface area (Å²) in [5.74, 6) is -0.243. The maximum atomic E-state index is 10.9. The molecule has 2 N–H and O–H groups in total. The zero-order chi connectivity index (χ0) is 20.0. The fourth-order valence-electron chi connectivity index (χ4n) is 1.91. The molecule has 0 unspecified atom stereocenters. The first-order valence-electron chi connectivity index (χ1n) is 7.48. The van der Waals surface area contributed by atoms with Gasteiger partial charge >= 0.3 is 0 Å². The van der Waals surface area contributed by atoms with Crippen LogP contribution in [0.3, 0.4) is 0 Å². The molecule has 0 saturated carbocycles. The Bertz CT molecular complexity index is 842. The fourth-order valence-corrected chi connectivity index (χ4v) is 3.37. The number of anilines is 2. The molecule has 0 spiro atoms. The molecule has 2 aromatic carbocycles. The van der Waals surface area contributed by atoms with Crippen LogP contribution in [0.5, 0.6) is 0 Å². The van der Waals surface area contributed by atoms with Crippen LogP contribution >= 0.6 is 55.1 Å². The predicted molar refractivity (Wildman–Crippen MR) is 116 cm³/mol. The summed E-state index contributed by atoms with van der Waals surface area (Å²) >= 11 is 18.6. The highest BCUT2D eigenvalue weighted by atomic mass is 79.9. The predicted octanol–water partition coefficient (Wildman–Crippen LogP) is 6.74. The quantitative estimate of drug-likeness (QED) is 0.457. The van der Waals surface area contributed by atoms with Gasteiger partial charge < -0.3 is 10.6 Å². The number of hydrogen-bond donors (Lipinski definition) is 2. The van der Waals surface area contributed by atoms with E-state index in [2.05, 4.69) is 42.5 Å². The van der Waals surface area contributed by atoms with Crippen LogP contribution in [-0.2, 0) is 9.59 Å². The average Bonchev–Trinajstić information content (AvgIpc) is 2.53. The molecule has 0 aliphatic rings. The molecule has 0 aliphatic heterocycles. The number of carbonyl (C=O) groups is 2. The van der Waals surface area contributed by atoms with Gasteiger partial charge in [0.2, 0.25) is 11.8 Å². The van der Waals surface area contributed by atoms with Gasteiger partial charge in [0.05, 0.1) is 15.7 Å². The molecular weight excluding hydrogens is 507 g/mol. The van der Waals surface area contributed by atoms with E-state index in [9.17, 15) is 9.59 Å². The van der Waals surface area contributed by atoms with Gasteiger partial charge in [-0.3, -0.25) is 9.59 Å². The third-order valence-electron chi connectivity index (χ3n) is 3.18. The molecule has 0 fully saturated rings. The summed E-state index contributed by atoms with van der Waals surface area (Å²) in [6, 6.07) is 7.40. The normalized spacial score (nSPS) is 9.85. The van der Waals surface area contributed by atoms with Crippen molar-refractivity contribution in [1.29, 1.82) is 0 Å². The van der Waals surface area contributed by atoms with Gasteiger partial charge in [-0.1, -0.05) is 55.1 Å². The highest BCUT2D eigenvalue weighted by Crippen LogP contribution is 2.37. The van der Waals surface area contributed by atoms with E-state index in [4.69, 9.17) is 23.2 Å². The van der Waals surface area contributed by atoms with Crippen LogP contribution in [0.25, 0.3) is 0 Å². The molecule has 8 heteroatoms. The smallest absolute Gasteiger partial charge is 0.221 e. The maximum absolute atomic E-state index is 10.9. The number of aryl methyl sites for hydroxylation is 1. The van der Waals surface area contributed by atoms with Gasteiger partial charge in [0.15, 0.2) is 0 Å². The maximum Gasteiger partial charge on any atom is 0.221 e. The molecule has 2 rings (SSSR count). The van der Waals surface area contributed by atoms with Crippen LogP contribution in [0.1, 0.15) is 25.0 Å². The zero-order valence-electron chi connectivity index (χ0n) is 14.6. The Morgan fingerprint density at radius 3 is 2.00 bits per heavy atom. The lowest BCUT2D eigenvalue weighted by atomic mass is 10.2. The van der Waals surface area contributed by atoms with E-state index in [0.29, 0.717) is 15.7 Å². The number of rotatable bonds is 2. The zero-order valence-corrected chi connectivity index (χ0v) is 19.3. The summed E-state index contributed by atoms with van der Waals surface area (Å²) in [4.78, 5) is 21.6. The van der Waals surface area contributed by atoms with Gasteiger partial charge in [-0.05, 0) is 49.2 Å². The van der Waals surface area contributed by atoms with E-state index in [-0.39, 0.29) is 11.8 Å². The van der Waals surface area contributed by atoms with Gasteiger partial charge in [-0.15, -0.1) is 0 Å². The summed E-state index contributed by atoms with van der Waals surface area (Å²) in [7, 11) is 0. The molecule has 26 heavy (non-hydrogen) atoms. The molecule has 0 saturated heterocycles. The number of benzene rings is 2. The van der Waals surface area contributed by atoms with E-state index in [0.717, 1.165) is 25.8 Å². The Labute approximate surface area is 179 Å². The number of halogens is 4. The van der Waals surface area contributed by atoms with E-state index >= 15 is 0 Å². The Kier molecular flexibility index (Phi) is 9.10. The SMILES string of the molecule is CC(=O)Nc1c(Cl)cc(Br)c(C)c1Cl.CC(=O)Nc1ccc(Br)c(C)c1. The highest BCUT2D eigenvalue weighted by Gasteiger charge is 2.12. The van der Waals surface area contributed by atoms with Crippen LogP contribution in [0.2, 0.25) is 10.0 Å². The van der Waals surface area contributed by atoms with Crippen molar-refractivity contribution < 1.29 is 9.59 Å². The lowest BCUT2D eigenvalue weighted by Crippen LogP contribution is -2.07. The Hall–Kier alpha value is -1.08. The van der Waals surface area contributed by atoms with Gasteiger partial charge in [0, 0.05) is 28.5 Å². The molecule has 0 aromatic heterocycles. The van der Waals surface area contributed by atoms with E-state index < -0.39 is 0 Å². The van der Waals surface area contributed by atoms with E-state index in [1.54, 1.807) is 6.07 Å². The molecule has 0 heterocycles. The lowest BCUT2D eigenvalue weighted by molar-refractivity contribution is -0.115. The van der Waals surface area contributed by atoms with Crippen molar-refractivity contribution in [3.8, 4) is 0 Å². The average molecular weight is 525 g/mol. The lowest BCUT2D eigenvalue weighted by Gasteiger charge is -2.11. The fraction of sp³-hybridized carbons (Fsp3) is 0.222. The number of carbonyl (C=O) groups excluding carboxylic acids is 2. The van der Waals surface area contributed by atoms with Crippen LogP contribution in [0.4, 0.5) is 11.4 Å². The van der Waals surface area contributed by atoms with Crippen molar-refractivity contribution in [3.05, 3.63) is 54.4 Å². The molecule has 4 nitrogen and oxygen atoms in total. The minimum absolute atomic E-state index is 0.0447. The number of nitrogens with one attached hydrogen (secondary N) is 2. The molecular formula is C18H18Br2Cl2N2O2. The summed E-state index contributed by atoms with van der Waals surface area (Å²) in [6.07, 6.45) is 0. The minimum atomic E-state index is -0.199. The molecule has 0 atom stereocenters. The topological polar surface area (TPSA) is 58.2 Å².